The summed E-state index contributed by atoms with van der Waals surface area (Å²) >= 11 is 0. The van der Waals surface area contributed by atoms with Crippen LogP contribution in [0.15, 0.2) is 60.7 Å². The van der Waals surface area contributed by atoms with Crippen molar-refractivity contribution in [3.05, 3.63) is 82.9 Å². The Kier molecular flexibility index (Phi) is 7.41. The van der Waals surface area contributed by atoms with Gasteiger partial charge in [0.25, 0.3) is 0 Å². The van der Waals surface area contributed by atoms with E-state index < -0.39 is 11.9 Å². The van der Waals surface area contributed by atoms with E-state index in [1.807, 2.05) is 12.1 Å². The van der Waals surface area contributed by atoms with E-state index in [0.717, 1.165) is 46.7 Å². The number of carboxylic acid groups (broad SMARTS) is 2. The van der Waals surface area contributed by atoms with Crippen LogP contribution >= 0.6 is 0 Å². The fourth-order valence-electron chi connectivity index (χ4n) is 4.60. The fourth-order valence-corrected chi connectivity index (χ4v) is 4.60. The number of phenols is 1. The molecule has 36 heavy (non-hydrogen) atoms. The highest BCUT2D eigenvalue weighted by Gasteiger charge is 2.19. The summed E-state index contributed by atoms with van der Waals surface area (Å²) in [4.78, 5) is 25.9. The monoisotopic (exact) mass is 487 g/mol. The molecule has 0 fully saturated rings. The first-order chi connectivity index (χ1) is 17.3. The average molecular weight is 488 g/mol. The Morgan fingerprint density at radius 3 is 2.17 bits per heavy atom. The number of likely N-dealkylation sites (N-methyl/N-ethyl adjacent to an activating group) is 1. The number of hydrogen-bond acceptors (Lipinski definition) is 5. The molecule has 0 bridgehead atoms. The molecule has 0 aliphatic heterocycles. The van der Waals surface area contributed by atoms with Gasteiger partial charge in [0.15, 0.2) is 0 Å². The molecule has 4 aromatic rings. The number of carbonyl (C=O) groups is 2. The van der Waals surface area contributed by atoms with Crippen molar-refractivity contribution in [3.8, 4) is 11.5 Å². The summed E-state index contributed by atoms with van der Waals surface area (Å²) in [6, 6.07) is 16.7. The standard InChI is InChI=1S/C29H29NO6/c1-3-30(4-2)13-14-36-27-12-7-18-15-20(28(32)33)6-9-23(18)26(27)17-25-22-11-8-21(31)16-19(22)5-10-24(25)29(34)35/h5-12,15-16,31H,3-4,13-14,17H2,1-2H3,(H,32,33)(H,34,35). The van der Waals surface area contributed by atoms with Gasteiger partial charge in [0.05, 0.1) is 11.1 Å². The Bertz CT molecular complexity index is 1440. The van der Waals surface area contributed by atoms with Crippen LogP contribution in [-0.2, 0) is 6.42 Å². The van der Waals surface area contributed by atoms with Gasteiger partial charge in [0, 0.05) is 18.5 Å². The first kappa shape index (κ1) is 25.0. The van der Waals surface area contributed by atoms with E-state index in [-0.39, 0.29) is 23.3 Å². The molecule has 0 radical (unpaired) electrons. The molecule has 0 aromatic heterocycles. The number of phenolic OH excluding ortho intramolecular Hbond substituents is 1. The summed E-state index contributed by atoms with van der Waals surface area (Å²) in [5.74, 6) is -1.33. The third-order valence-electron chi connectivity index (χ3n) is 6.59. The summed E-state index contributed by atoms with van der Waals surface area (Å²) in [6.07, 6.45) is 0.258. The molecule has 0 heterocycles. The molecule has 4 rings (SSSR count). The van der Waals surface area contributed by atoms with Gasteiger partial charge in [-0.15, -0.1) is 0 Å². The van der Waals surface area contributed by atoms with Crippen molar-refractivity contribution in [1.29, 1.82) is 0 Å². The molecule has 0 unspecified atom stereocenters. The average Bonchev–Trinajstić information content (AvgIpc) is 2.86. The lowest BCUT2D eigenvalue weighted by molar-refractivity contribution is 0.0685. The van der Waals surface area contributed by atoms with Crippen molar-refractivity contribution in [1.82, 2.24) is 4.90 Å². The van der Waals surface area contributed by atoms with E-state index in [4.69, 9.17) is 4.74 Å². The summed E-state index contributed by atoms with van der Waals surface area (Å²) < 4.78 is 6.22. The van der Waals surface area contributed by atoms with Gasteiger partial charge >= 0.3 is 11.9 Å². The number of ether oxygens (including phenoxy) is 1. The van der Waals surface area contributed by atoms with Crippen LogP contribution in [0.3, 0.4) is 0 Å². The number of rotatable bonds is 10. The van der Waals surface area contributed by atoms with Gasteiger partial charge in [0.2, 0.25) is 0 Å². The van der Waals surface area contributed by atoms with Crippen LogP contribution in [0.1, 0.15) is 45.7 Å². The minimum Gasteiger partial charge on any atom is -0.508 e. The minimum absolute atomic E-state index is 0.100. The van der Waals surface area contributed by atoms with Gasteiger partial charge in [0.1, 0.15) is 18.1 Å². The molecule has 0 spiro atoms. The zero-order chi connectivity index (χ0) is 25.8. The van der Waals surface area contributed by atoms with Crippen LogP contribution in [0.25, 0.3) is 21.5 Å². The Hall–Kier alpha value is -4.10. The molecule has 0 amide bonds. The Labute approximate surface area is 209 Å². The summed E-state index contributed by atoms with van der Waals surface area (Å²) in [5, 5.41) is 32.3. The quantitative estimate of drug-likeness (QED) is 0.275. The fraction of sp³-hybridized carbons (Fsp3) is 0.241. The molecular formula is C29H29NO6. The first-order valence-electron chi connectivity index (χ1n) is 11.9. The van der Waals surface area contributed by atoms with Gasteiger partial charge in [-0.3, -0.25) is 0 Å². The maximum atomic E-state index is 12.2. The van der Waals surface area contributed by atoms with Crippen LogP contribution in [0, 0.1) is 0 Å². The van der Waals surface area contributed by atoms with E-state index in [1.165, 1.54) is 0 Å². The number of carboxylic acids is 2. The second-order valence-electron chi connectivity index (χ2n) is 8.64. The van der Waals surface area contributed by atoms with Crippen molar-refractivity contribution >= 4 is 33.5 Å². The number of hydrogen-bond donors (Lipinski definition) is 3. The van der Waals surface area contributed by atoms with Crippen LogP contribution in [0.2, 0.25) is 0 Å². The van der Waals surface area contributed by atoms with Gasteiger partial charge in [-0.25, -0.2) is 9.59 Å². The minimum atomic E-state index is -1.04. The smallest absolute Gasteiger partial charge is 0.335 e. The molecule has 7 heteroatoms. The lowest BCUT2D eigenvalue weighted by atomic mass is 9.90. The normalized spacial score (nSPS) is 11.3. The molecule has 3 N–H and O–H groups in total. The van der Waals surface area contributed by atoms with Crippen molar-refractivity contribution in [2.75, 3.05) is 26.2 Å². The predicted molar refractivity (Wildman–Crippen MR) is 140 cm³/mol. The van der Waals surface area contributed by atoms with Crippen molar-refractivity contribution in [3.63, 3.8) is 0 Å². The zero-order valence-electron chi connectivity index (χ0n) is 20.3. The third-order valence-corrected chi connectivity index (χ3v) is 6.59. The Morgan fingerprint density at radius 1 is 0.806 bits per heavy atom. The van der Waals surface area contributed by atoms with Crippen molar-refractivity contribution < 1.29 is 29.6 Å². The molecule has 4 aromatic carbocycles. The number of nitrogens with zero attached hydrogens (tertiary/aromatic N) is 1. The third kappa shape index (κ3) is 5.11. The lowest BCUT2D eigenvalue weighted by Crippen LogP contribution is -2.28. The van der Waals surface area contributed by atoms with Gasteiger partial charge in [-0.2, -0.15) is 0 Å². The first-order valence-corrected chi connectivity index (χ1v) is 11.9. The molecular weight excluding hydrogens is 458 g/mol. The molecule has 0 atom stereocenters. The van der Waals surface area contributed by atoms with E-state index in [2.05, 4.69) is 18.7 Å². The predicted octanol–water partition coefficient (Wildman–Crippen LogP) is 5.41. The van der Waals surface area contributed by atoms with E-state index >= 15 is 0 Å². The van der Waals surface area contributed by atoms with Crippen LogP contribution in [-0.4, -0.2) is 58.4 Å². The van der Waals surface area contributed by atoms with E-state index in [1.54, 1.807) is 48.5 Å². The number of aromatic hydroxyl groups is 1. The molecule has 186 valence electrons. The summed E-state index contributed by atoms with van der Waals surface area (Å²) in [7, 11) is 0. The van der Waals surface area contributed by atoms with E-state index in [9.17, 15) is 24.9 Å². The second kappa shape index (κ2) is 10.7. The second-order valence-corrected chi connectivity index (χ2v) is 8.64. The Morgan fingerprint density at radius 2 is 1.47 bits per heavy atom. The van der Waals surface area contributed by atoms with Crippen LogP contribution < -0.4 is 4.74 Å². The maximum Gasteiger partial charge on any atom is 0.335 e. The number of aromatic carboxylic acids is 2. The van der Waals surface area contributed by atoms with Gasteiger partial charge in [-0.05, 0) is 76.6 Å². The molecule has 7 nitrogen and oxygen atoms in total. The van der Waals surface area contributed by atoms with Crippen LogP contribution in [0.5, 0.6) is 11.5 Å². The van der Waals surface area contributed by atoms with Gasteiger partial charge < -0.3 is 25.0 Å². The topological polar surface area (TPSA) is 107 Å². The zero-order valence-corrected chi connectivity index (χ0v) is 20.3. The van der Waals surface area contributed by atoms with Gasteiger partial charge in [-0.1, -0.05) is 38.1 Å². The van der Waals surface area contributed by atoms with Crippen LogP contribution in [0.4, 0.5) is 0 Å². The van der Waals surface area contributed by atoms with Crippen molar-refractivity contribution in [2.24, 2.45) is 0 Å². The molecule has 0 aliphatic rings. The summed E-state index contributed by atoms with van der Waals surface area (Å²) in [5.41, 5.74) is 1.73. The lowest BCUT2D eigenvalue weighted by Gasteiger charge is -2.20. The molecule has 0 saturated heterocycles. The largest absolute Gasteiger partial charge is 0.508 e. The highest BCUT2D eigenvalue weighted by Crippen LogP contribution is 2.35. The van der Waals surface area contributed by atoms with Crippen molar-refractivity contribution in [2.45, 2.75) is 20.3 Å². The highest BCUT2D eigenvalue weighted by atomic mass is 16.5. The number of fused-ring (bicyclic) bond motifs is 2. The Balaban J connectivity index is 1.86. The van der Waals surface area contributed by atoms with E-state index in [0.29, 0.717) is 17.9 Å². The highest BCUT2D eigenvalue weighted by molar-refractivity contribution is 6.00. The summed E-state index contributed by atoms with van der Waals surface area (Å²) in [6.45, 7) is 7.22. The molecule has 0 saturated carbocycles. The molecule has 0 aliphatic carbocycles. The maximum absolute atomic E-state index is 12.2. The SMILES string of the molecule is CCN(CC)CCOc1ccc2cc(C(=O)O)ccc2c1Cc1c(C(=O)O)ccc2cc(O)ccc12. The number of benzene rings is 4.